The van der Waals surface area contributed by atoms with E-state index in [9.17, 15) is 9.18 Å². The lowest BCUT2D eigenvalue weighted by atomic mass is 10.2. The summed E-state index contributed by atoms with van der Waals surface area (Å²) in [5.74, 6) is -0.173. The third kappa shape index (κ3) is 4.06. The van der Waals surface area contributed by atoms with Crippen molar-refractivity contribution in [2.75, 3.05) is 11.2 Å². The Hall–Kier alpha value is -0.800. The molecular formula is C10H10Cl2FNO. The Kier molecular flexibility index (Phi) is 4.85. The van der Waals surface area contributed by atoms with Gasteiger partial charge < -0.3 is 5.32 Å². The number of rotatable bonds is 4. The van der Waals surface area contributed by atoms with Crippen molar-refractivity contribution in [2.45, 2.75) is 12.8 Å². The molecule has 0 saturated carbocycles. The van der Waals surface area contributed by atoms with Crippen molar-refractivity contribution in [1.82, 2.24) is 0 Å². The third-order valence-electron chi connectivity index (χ3n) is 1.74. The summed E-state index contributed by atoms with van der Waals surface area (Å²) >= 11 is 11.2. The van der Waals surface area contributed by atoms with Crippen molar-refractivity contribution in [3.63, 3.8) is 0 Å². The Labute approximate surface area is 97.4 Å². The van der Waals surface area contributed by atoms with Crippen molar-refractivity contribution in [2.24, 2.45) is 0 Å². The summed E-state index contributed by atoms with van der Waals surface area (Å²) in [6.07, 6.45) is 0.934. The van der Waals surface area contributed by atoms with Crippen LogP contribution in [0.5, 0.6) is 0 Å². The molecule has 15 heavy (non-hydrogen) atoms. The summed E-state index contributed by atoms with van der Waals surface area (Å²) in [6.45, 7) is 0. The molecule has 1 aromatic carbocycles. The number of hydrogen-bond donors (Lipinski definition) is 1. The second-order valence-corrected chi connectivity index (χ2v) is 3.75. The number of amides is 1. The zero-order valence-electron chi connectivity index (χ0n) is 7.90. The molecule has 0 unspecified atom stereocenters. The number of hydrogen-bond acceptors (Lipinski definition) is 1. The van der Waals surface area contributed by atoms with Crippen molar-refractivity contribution >= 4 is 34.8 Å². The number of anilines is 1. The van der Waals surface area contributed by atoms with E-state index in [2.05, 4.69) is 5.32 Å². The van der Waals surface area contributed by atoms with Crippen LogP contribution in [0.1, 0.15) is 12.8 Å². The summed E-state index contributed by atoms with van der Waals surface area (Å²) in [4.78, 5) is 11.3. The predicted octanol–water partition coefficient (Wildman–Crippen LogP) is 3.44. The van der Waals surface area contributed by atoms with Crippen molar-refractivity contribution in [3.05, 3.63) is 29.0 Å². The largest absolute Gasteiger partial charge is 0.325 e. The van der Waals surface area contributed by atoms with E-state index in [4.69, 9.17) is 23.2 Å². The highest BCUT2D eigenvalue weighted by Gasteiger charge is 2.05. The maximum Gasteiger partial charge on any atom is 0.224 e. The van der Waals surface area contributed by atoms with Crippen LogP contribution in [0.15, 0.2) is 18.2 Å². The van der Waals surface area contributed by atoms with E-state index >= 15 is 0 Å². The van der Waals surface area contributed by atoms with Crippen molar-refractivity contribution in [3.8, 4) is 0 Å². The Morgan fingerprint density at radius 3 is 2.80 bits per heavy atom. The molecule has 0 aliphatic heterocycles. The first-order chi connectivity index (χ1) is 7.13. The van der Waals surface area contributed by atoms with Crippen LogP contribution < -0.4 is 5.32 Å². The molecule has 1 rings (SSSR count). The number of carbonyl (C=O) groups is 1. The van der Waals surface area contributed by atoms with Gasteiger partial charge in [-0.3, -0.25) is 4.79 Å². The normalized spacial score (nSPS) is 10.1. The molecule has 2 nitrogen and oxygen atoms in total. The first-order valence-electron chi connectivity index (χ1n) is 4.44. The van der Waals surface area contributed by atoms with Gasteiger partial charge in [0.1, 0.15) is 5.82 Å². The predicted molar refractivity (Wildman–Crippen MR) is 60.0 cm³/mol. The molecule has 0 aliphatic rings. The summed E-state index contributed by atoms with van der Waals surface area (Å²) in [5, 5.41) is 2.77. The van der Waals surface area contributed by atoms with Crippen LogP contribution in [-0.2, 0) is 4.79 Å². The molecule has 1 aromatic rings. The zero-order valence-corrected chi connectivity index (χ0v) is 9.41. The van der Waals surface area contributed by atoms with Crippen molar-refractivity contribution in [1.29, 1.82) is 0 Å². The number of halogens is 3. The molecule has 1 N–H and O–H groups in total. The Bertz CT molecular complexity index is 357. The van der Waals surface area contributed by atoms with Gasteiger partial charge in [-0.1, -0.05) is 11.6 Å². The smallest absolute Gasteiger partial charge is 0.224 e. The quantitative estimate of drug-likeness (QED) is 0.815. The molecule has 0 spiro atoms. The fraction of sp³-hybridized carbons (Fsp3) is 0.300. The zero-order chi connectivity index (χ0) is 11.3. The average molecular weight is 250 g/mol. The van der Waals surface area contributed by atoms with E-state index < -0.39 is 5.82 Å². The monoisotopic (exact) mass is 249 g/mol. The lowest BCUT2D eigenvalue weighted by Gasteiger charge is -2.06. The van der Waals surface area contributed by atoms with E-state index in [1.807, 2.05) is 0 Å². The molecule has 1 amide bonds. The van der Waals surface area contributed by atoms with Gasteiger partial charge in [0.25, 0.3) is 0 Å². The van der Waals surface area contributed by atoms with Gasteiger partial charge in [0.05, 0.1) is 10.7 Å². The number of benzene rings is 1. The van der Waals surface area contributed by atoms with E-state index in [0.717, 1.165) is 6.07 Å². The third-order valence-corrected chi connectivity index (χ3v) is 2.32. The van der Waals surface area contributed by atoms with Crippen LogP contribution in [0.2, 0.25) is 5.02 Å². The minimum atomic E-state index is -0.432. The van der Waals surface area contributed by atoms with Crippen molar-refractivity contribution < 1.29 is 9.18 Å². The fourth-order valence-electron chi connectivity index (χ4n) is 1.03. The topological polar surface area (TPSA) is 29.1 Å². The highest BCUT2D eigenvalue weighted by molar-refractivity contribution is 6.33. The molecule has 82 valence electrons. The number of alkyl halides is 1. The van der Waals surface area contributed by atoms with Crippen LogP contribution in [-0.4, -0.2) is 11.8 Å². The minimum absolute atomic E-state index is 0.177. The van der Waals surface area contributed by atoms with Gasteiger partial charge in [0.15, 0.2) is 0 Å². The van der Waals surface area contributed by atoms with Gasteiger partial charge in [-0.05, 0) is 24.6 Å². The van der Waals surface area contributed by atoms with E-state index in [1.165, 1.54) is 12.1 Å². The maximum absolute atomic E-state index is 12.7. The number of carbonyl (C=O) groups excluding carboxylic acids is 1. The van der Waals surface area contributed by atoms with Crippen LogP contribution in [0.25, 0.3) is 0 Å². The maximum atomic E-state index is 12.7. The van der Waals surface area contributed by atoms with Gasteiger partial charge in [-0.2, -0.15) is 0 Å². The molecule has 0 atom stereocenters. The second-order valence-electron chi connectivity index (χ2n) is 2.96. The Balaban J connectivity index is 2.60. The molecule has 0 aliphatic carbocycles. The Morgan fingerprint density at radius 1 is 1.47 bits per heavy atom. The first-order valence-corrected chi connectivity index (χ1v) is 5.35. The van der Waals surface area contributed by atoms with Crippen LogP contribution in [0.3, 0.4) is 0 Å². The standard InChI is InChI=1S/C10H10Cl2FNO/c11-5-1-2-10(15)14-9-4-3-7(13)6-8(9)12/h3-4,6H,1-2,5H2,(H,14,15). The van der Waals surface area contributed by atoms with Gasteiger partial charge in [0.2, 0.25) is 5.91 Å². The summed E-state index contributed by atoms with van der Waals surface area (Å²) < 4.78 is 12.7. The molecule has 0 radical (unpaired) electrons. The highest BCUT2D eigenvalue weighted by atomic mass is 35.5. The lowest BCUT2D eigenvalue weighted by Crippen LogP contribution is -2.11. The minimum Gasteiger partial charge on any atom is -0.325 e. The fourth-order valence-corrected chi connectivity index (χ4v) is 1.38. The molecule has 5 heteroatoms. The molecule has 0 bridgehead atoms. The van der Waals surface area contributed by atoms with Gasteiger partial charge in [-0.15, -0.1) is 11.6 Å². The molecular weight excluding hydrogens is 240 g/mol. The molecule has 0 fully saturated rings. The summed E-state index contributed by atoms with van der Waals surface area (Å²) in [6, 6.07) is 3.82. The SMILES string of the molecule is O=C(CCCCl)Nc1ccc(F)cc1Cl. The molecule has 0 heterocycles. The van der Waals surface area contributed by atoms with Crippen LogP contribution >= 0.6 is 23.2 Å². The van der Waals surface area contributed by atoms with Gasteiger partial charge >= 0.3 is 0 Å². The Morgan fingerprint density at radius 2 is 2.20 bits per heavy atom. The highest BCUT2D eigenvalue weighted by Crippen LogP contribution is 2.22. The summed E-state index contributed by atoms with van der Waals surface area (Å²) in [7, 11) is 0. The van der Waals surface area contributed by atoms with E-state index in [0.29, 0.717) is 24.4 Å². The molecule has 0 saturated heterocycles. The number of nitrogens with one attached hydrogen (secondary N) is 1. The summed E-state index contributed by atoms with van der Waals surface area (Å²) in [5.41, 5.74) is 0.414. The van der Waals surface area contributed by atoms with Crippen LogP contribution in [0, 0.1) is 5.82 Å². The van der Waals surface area contributed by atoms with E-state index in [1.54, 1.807) is 0 Å². The molecule has 0 aromatic heterocycles. The lowest BCUT2D eigenvalue weighted by molar-refractivity contribution is -0.116. The second kappa shape index (κ2) is 5.93. The van der Waals surface area contributed by atoms with Gasteiger partial charge in [0, 0.05) is 12.3 Å². The first kappa shape index (κ1) is 12.3. The van der Waals surface area contributed by atoms with Crippen LogP contribution in [0.4, 0.5) is 10.1 Å². The average Bonchev–Trinajstić information content (AvgIpc) is 2.19. The van der Waals surface area contributed by atoms with E-state index in [-0.39, 0.29) is 10.9 Å². The van der Waals surface area contributed by atoms with Gasteiger partial charge in [-0.25, -0.2) is 4.39 Å².